The van der Waals surface area contributed by atoms with Crippen molar-refractivity contribution in [1.82, 2.24) is 0 Å². The lowest BCUT2D eigenvalue weighted by Crippen LogP contribution is -1.93. The van der Waals surface area contributed by atoms with Gasteiger partial charge in [0.2, 0.25) is 0 Å². The zero-order valence-corrected chi connectivity index (χ0v) is 11.9. The molecule has 0 aromatic heterocycles. The number of aliphatic carboxylic acids is 1. The van der Waals surface area contributed by atoms with Crippen molar-refractivity contribution in [3.05, 3.63) is 19.3 Å². The zero-order valence-electron chi connectivity index (χ0n) is 11.9. The first-order valence-corrected chi connectivity index (χ1v) is 7.44. The molecule has 2 nitrogen and oxygen atoms in total. The van der Waals surface area contributed by atoms with Gasteiger partial charge in [0, 0.05) is 6.42 Å². The highest BCUT2D eigenvalue weighted by molar-refractivity contribution is 5.66. The van der Waals surface area contributed by atoms with Crippen molar-refractivity contribution in [3.63, 3.8) is 0 Å². The summed E-state index contributed by atoms with van der Waals surface area (Å²) in [6, 6.07) is 0. The lowest BCUT2D eigenvalue weighted by atomic mass is 10.0. The molecule has 0 aliphatic heterocycles. The SMILES string of the molecule is CC[CH-]C[CH-]C[CH-]CCCCCCCCC(=O)O. The summed E-state index contributed by atoms with van der Waals surface area (Å²) in [7, 11) is 0. The van der Waals surface area contributed by atoms with Crippen LogP contribution in [0, 0.1) is 19.3 Å². The first kappa shape index (κ1) is 17.5. The van der Waals surface area contributed by atoms with Gasteiger partial charge >= 0.3 is 5.97 Å². The van der Waals surface area contributed by atoms with Crippen LogP contribution >= 0.6 is 0 Å². The Bertz CT molecular complexity index is 178. The number of carbonyl (C=O) groups is 1. The third-order valence-electron chi connectivity index (χ3n) is 3.00. The van der Waals surface area contributed by atoms with Crippen molar-refractivity contribution in [2.24, 2.45) is 0 Å². The number of rotatable bonds is 14. The largest absolute Gasteiger partial charge is 0.481 e. The van der Waals surface area contributed by atoms with Gasteiger partial charge in [-0.1, -0.05) is 39.0 Å². The van der Waals surface area contributed by atoms with E-state index in [-0.39, 0.29) is 0 Å². The molecule has 0 aromatic rings. The third kappa shape index (κ3) is 15.5. The molecule has 0 saturated heterocycles. The molecular weight excluding hydrogens is 224 g/mol. The molecule has 0 aliphatic carbocycles. The van der Waals surface area contributed by atoms with Gasteiger partial charge in [0.25, 0.3) is 0 Å². The van der Waals surface area contributed by atoms with Crippen molar-refractivity contribution in [3.8, 4) is 0 Å². The second-order valence-corrected chi connectivity index (χ2v) is 4.80. The predicted octanol–water partition coefficient (Wildman–Crippen LogP) is 4.99. The second-order valence-electron chi connectivity index (χ2n) is 4.80. The Labute approximate surface area is 113 Å². The maximum Gasteiger partial charge on any atom is 0.303 e. The van der Waals surface area contributed by atoms with Crippen molar-refractivity contribution < 1.29 is 9.90 Å². The third-order valence-corrected chi connectivity index (χ3v) is 3.00. The summed E-state index contributed by atoms with van der Waals surface area (Å²) in [6.07, 6.45) is 18.9. The fourth-order valence-electron chi connectivity index (χ4n) is 1.89. The smallest absolute Gasteiger partial charge is 0.303 e. The minimum absolute atomic E-state index is 0.332. The summed E-state index contributed by atoms with van der Waals surface area (Å²) in [5.74, 6) is -0.666. The maximum atomic E-state index is 10.3. The van der Waals surface area contributed by atoms with Crippen LogP contribution in [0.1, 0.15) is 77.6 Å². The van der Waals surface area contributed by atoms with Gasteiger partial charge in [0.1, 0.15) is 0 Å². The lowest BCUT2D eigenvalue weighted by Gasteiger charge is -2.23. The molecule has 0 unspecified atom stereocenters. The predicted molar refractivity (Wildman–Crippen MR) is 77.0 cm³/mol. The molecule has 18 heavy (non-hydrogen) atoms. The molecule has 0 amide bonds. The first-order valence-electron chi connectivity index (χ1n) is 7.44. The van der Waals surface area contributed by atoms with Crippen LogP contribution < -0.4 is 0 Å². The molecule has 0 aliphatic rings. The zero-order chi connectivity index (χ0) is 13.5. The van der Waals surface area contributed by atoms with Gasteiger partial charge in [-0.2, -0.15) is 12.8 Å². The molecule has 0 aromatic carbocycles. The first-order chi connectivity index (χ1) is 8.77. The lowest BCUT2D eigenvalue weighted by molar-refractivity contribution is -0.137. The Morgan fingerprint density at radius 2 is 1.50 bits per heavy atom. The minimum Gasteiger partial charge on any atom is -0.481 e. The molecule has 0 rings (SSSR count). The Hall–Kier alpha value is -0.530. The van der Waals surface area contributed by atoms with Crippen LogP contribution in [0.3, 0.4) is 0 Å². The van der Waals surface area contributed by atoms with E-state index in [9.17, 15) is 4.79 Å². The molecule has 0 saturated carbocycles. The van der Waals surface area contributed by atoms with Crippen LogP contribution in [0.5, 0.6) is 0 Å². The quantitative estimate of drug-likeness (QED) is 0.349. The monoisotopic (exact) mass is 253 g/mol. The highest BCUT2D eigenvalue weighted by Gasteiger charge is 1.95. The van der Waals surface area contributed by atoms with Crippen LogP contribution in [-0.4, -0.2) is 11.1 Å². The van der Waals surface area contributed by atoms with E-state index in [1.165, 1.54) is 38.5 Å². The number of unbranched alkanes of at least 4 members (excludes halogenated alkanes) is 12. The van der Waals surface area contributed by atoms with Crippen LogP contribution in [0.15, 0.2) is 0 Å². The number of hydrogen-bond acceptors (Lipinski definition) is 1. The summed E-state index contributed by atoms with van der Waals surface area (Å²) in [4.78, 5) is 10.3. The maximum absolute atomic E-state index is 10.3. The van der Waals surface area contributed by atoms with Gasteiger partial charge in [-0.15, -0.1) is 0 Å². The highest BCUT2D eigenvalue weighted by Crippen LogP contribution is 2.11. The average molecular weight is 253 g/mol. The fraction of sp³-hybridized carbons (Fsp3) is 0.750. The van der Waals surface area contributed by atoms with Crippen molar-refractivity contribution >= 4 is 5.97 Å². The van der Waals surface area contributed by atoms with Gasteiger partial charge in [-0.3, -0.25) is 4.79 Å². The summed E-state index contributed by atoms with van der Waals surface area (Å²) in [6.45, 7) is 2.17. The molecule has 0 spiro atoms. The molecule has 2 heteroatoms. The molecule has 1 N–H and O–H groups in total. The van der Waals surface area contributed by atoms with Crippen molar-refractivity contribution in [2.45, 2.75) is 77.6 Å². The molecule has 0 bridgehead atoms. The van der Waals surface area contributed by atoms with Gasteiger partial charge in [-0.25, -0.2) is 0 Å². The Morgan fingerprint density at radius 3 is 2.17 bits per heavy atom. The molecule has 0 atom stereocenters. The molecule has 108 valence electrons. The summed E-state index contributed by atoms with van der Waals surface area (Å²) < 4.78 is 0. The van der Waals surface area contributed by atoms with E-state index >= 15 is 0 Å². The van der Waals surface area contributed by atoms with Crippen LogP contribution in [-0.2, 0) is 4.79 Å². The van der Waals surface area contributed by atoms with Gasteiger partial charge in [-0.05, 0) is 6.42 Å². The van der Waals surface area contributed by atoms with E-state index < -0.39 is 5.97 Å². The van der Waals surface area contributed by atoms with Crippen LogP contribution in [0.4, 0.5) is 0 Å². The van der Waals surface area contributed by atoms with E-state index in [4.69, 9.17) is 5.11 Å². The van der Waals surface area contributed by atoms with E-state index in [0.29, 0.717) is 6.42 Å². The van der Waals surface area contributed by atoms with E-state index in [0.717, 1.165) is 25.7 Å². The van der Waals surface area contributed by atoms with E-state index in [1.54, 1.807) is 0 Å². The minimum atomic E-state index is -0.666. The molecule has 0 fully saturated rings. The van der Waals surface area contributed by atoms with Crippen molar-refractivity contribution in [2.75, 3.05) is 0 Å². The van der Waals surface area contributed by atoms with Crippen molar-refractivity contribution in [1.29, 1.82) is 0 Å². The normalized spacial score (nSPS) is 10.7. The van der Waals surface area contributed by atoms with Crippen LogP contribution in [0.2, 0.25) is 0 Å². The second kappa shape index (κ2) is 14.5. The Balaban J connectivity index is 2.92. The summed E-state index contributed by atoms with van der Waals surface area (Å²) in [5.41, 5.74) is 0. The molecule has 0 radical (unpaired) electrons. The van der Waals surface area contributed by atoms with Gasteiger partial charge < -0.3 is 37.2 Å². The highest BCUT2D eigenvalue weighted by atomic mass is 16.4. The Morgan fingerprint density at radius 1 is 0.889 bits per heavy atom. The number of hydrogen-bond donors (Lipinski definition) is 1. The number of carboxylic acid groups (broad SMARTS) is 1. The molecular formula is C16H29O2-3. The Kier molecular flexibility index (Phi) is 14.1. The summed E-state index contributed by atoms with van der Waals surface area (Å²) >= 11 is 0. The fourth-order valence-corrected chi connectivity index (χ4v) is 1.89. The van der Waals surface area contributed by atoms with E-state index in [1.807, 2.05) is 0 Å². The van der Waals surface area contributed by atoms with Crippen LogP contribution in [0.25, 0.3) is 0 Å². The van der Waals surface area contributed by atoms with Gasteiger partial charge in [0.15, 0.2) is 0 Å². The van der Waals surface area contributed by atoms with Gasteiger partial charge in [0.05, 0.1) is 0 Å². The topological polar surface area (TPSA) is 37.3 Å². The standard InChI is InChI=1S/C16H29O2/c1-2-3-4-5-6-7-8-9-10-11-12-13-14-15-16(17)18/h3,5,7H,2,4,6,8-15H2,1H3,(H,17,18)/q-3. The average Bonchev–Trinajstić information content (AvgIpc) is 2.34. The molecule has 0 heterocycles. The number of carboxylic acids is 1. The van der Waals surface area contributed by atoms with E-state index in [2.05, 4.69) is 26.2 Å². The summed E-state index contributed by atoms with van der Waals surface area (Å²) in [5, 5.41) is 8.48.